The summed E-state index contributed by atoms with van der Waals surface area (Å²) in [6.45, 7) is 9.94. The molecule has 1 N–H and O–H groups in total. The topological polar surface area (TPSA) is 93.3 Å². The molecule has 2 amide bonds. The molecule has 36 heavy (non-hydrogen) atoms. The second kappa shape index (κ2) is 10.4. The smallest absolute Gasteiger partial charge is 0.251 e. The second-order valence-corrected chi connectivity index (χ2v) is 9.82. The predicted octanol–water partition coefficient (Wildman–Crippen LogP) is 4.72. The Morgan fingerprint density at radius 3 is 2.44 bits per heavy atom. The fourth-order valence-corrected chi connectivity index (χ4v) is 3.98. The quantitative estimate of drug-likeness (QED) is 0.369. The van der Waals surface area contributed by atoms with Crippen LogP contribution in [-0.4, -0.2) is 37.2 Å². The van der Waals surface area contributed by atoms with Crippen molar-refractivity contribution in [1.29, 1.82) is 0 Å². The maximum Gasteiger partial charge on any atom is 0.251 e. The summed E-state index contributed by atoms with van der Waals surface area (Å²) < 4.78 is 7.49. The van der Waals surface area contributed by atoms with E-state index < -0.39 is 11.6 Å². The summed E-state index contributed by atoms with van der Waals surface area (Å²) in [6.07, 6.45) is 0.736. The minimum absolute atomic E-state index is 0.0625. The highest BCUT2D eigenvalue weighted by molar-refractivity contribution is 5.89. The first kappa shape index (κ1) is 25.2. The molecule has 2 aromatic carbocycles. The number of nitrogens with one attached hydrogen (secondary N) is 1. The van der Waals surface area contributed by atoms with Gasteiger partial charge in [0.15, 0.2) is 6.04 Å². The summed E-state index contributed by atoms with van der Waals surface area (Å²) in [7, 11) is 0. The van der Waals surface area contributed by atoms with Crippen LogP contribution in [0, 0.1) is 13.8 Å². The van der Waals surface area contributed by atoms with E-state index in [9.17, 15) is 9.59 Å². The molecule has 2 heterocycles. The zero-order valence-corrected chi connectivity index (χ0v) is 21.5. The number of rotatable bonds is 9. The van der Waals surface area contributed by atoms with E-state index in [-0.39, 0.29) is 24.9 Å². The largest absolute Gasteiger partial charge is 0.464 e. The van der Waals surface area contributed by atoms with Gasteiger partial charge >= 0.3 is 0 Å². The summed E-state index contributed by atoms with van der Waals surface area (Å²) >= 11 is 0. The molecule has 8 heteroatoms. The molecule has 188 valence electrons. The molecule has 0 aliphatic rings. The van der Waals surface area contributed by atoms with Crippen molar-refractivity contribution in [1.82, 2.24) is 25.2 Å². The summed E-state index contributed by atoms with van der Waals surface area (Å²) in [5, 5.41) is 11.5. The number of hydrogen-bond donors (Lipinski definition) is 1. The molecule has 2 aromatic heterocycles. The normalized spacial score (nSPS) is 12.5. The lowest BCUT2D eigenvalue weighted by Crippen LogP contribution is -2.50. The molecule has 0 spiro atoms. The molecule has 1 atom stereocenters. The van der Waals surface area contributed by atoms with Crippen LogP contribution in [0.3, 0.4) is 0 Å². The van der Waals surface area contributed by atoms with Gasteiger partial charge in [0.05, 0.1) is 5.52 Å². The van der Waals surface area contributed by atoms with Gasteiger partial charge in [-0.3, -0.25) is 9.59 Å². The summed E-state index contributed by atoms with van der Waals surface area (Å²) in [6, 6.07) is 18.0. The van der Waals surface area contributed by atoms with Crippen LogP contribution in [-0.2, 0) is 22.7 Å². The molecule has 0 aliphatic carbocycles. The molecular weight excluding hydrogens is 454 g/mol. The highest BCUT2D eigenvalue weighted by Crippen LogP contribution is 2.27. The molecule has 0 unspecified atom stereocenters. The fraction of sp³-hybridized carbons (Fsp3) is 0.357. The van der Waals surface area contributed by atoms with Gasteiger partial charge in [-0.2, -0.15) is 0 Å². The van der Waals surface area contributed by atoms with Gasteiger partial charge in [0.1, 0.15) is 23.6 Å². The third kappa shape index (κ3) is 5.64. The maximum absolute atomic E-state index is 13.9. The number of aromatic nitrogens is 3. The molecule has 4 rings (SSSR count). The Morgan fingerprint density at radius 2 is 1.78 bits per heavy atom. The molecule has 0 radical (unpaired) electrons. The second-order valence-electron chi connectivity index (χ2n) is 9.82. The average Bonchev–Trinajstić information content (AvgIpc) is 3.46. The Labute approximate surface area is 211 Å². The highest BCUT2D eigenvalue weighted by Gasteiger charge is 2.36. The van der Waals surface area contributed by atoms with Crippen LogP contribution >= 0.6 is 0 Å². The van der Waals surface area contributed by atoms with E-state index in [1.54, 1.807) is 21.7 Å². The van der Waals surface area contributed by atoms with Crippen LogP contribution in [0.2, 0.25) is 0 Å². The van der Waals surface area contributed by atoms with Crippen molar-refractivity contribution in [2.75, 3.05) is 0 Å². The number of para-hydroxylation sites is 1. The lowest BCUT2D eigenvalue weighted by atomic mass is 10.0. The van der Waals surface area contributed by atoms with Crippen LogP contribution in [0.5, 0.6) is 0 Å². The molecule has 0 saturated heterocycles. The number of benzene rings is 2. The minimum Gasteiger partial charge on any atom is -0.464 e. The van der Waals surface area contributed by atoms with Crippen LogP contribution in [0.15, 0.2) is 65.1 Å². The number of aryl methyl sites for hydroxylation is 2. The Morgan fingerprint density at radius 1 is 1.06 bits per heavy atom. The lowest BCUT2D eigenvalue weighted by molar-refractivity contribution is -0.143. The van der Waals surface area contributed by atoms with E-state index in [2.05, 4.69) is 15.6 Å². The monoisotopic (exact) mass is 487 g/mol. The average molecular weight is 488 g/mol. The van der Waals surface area contributed by atoms with Gasteiger partial charge in [-0.15, -0.1) is 5.10 Å². The van der Waals surface area contributed by atoms with E-state index in [1.165, 1.54) is 0 Å². The zero-order chi connectivity index (χ0) is 25.9. The number of amides is 2. The molecule has 0 fully saturated rings. The minimum atomic E-state index is -0.951. The van der Waals surface area contributed by atoms with Crippen molar-refractivity contribution >= 4 is 22.8 Å². The first-order chi connectivity index (χ1) is 17.2. The van der Waals surface area contributed by atoms with Gasteiger partial charge < -0.3 is 14.6 Å². The summed E-state index contributed by atoms with van der Waals surface area (Å²) in [4.78, 5) is 29.2. The Bertz CT molecular complexity index is 1350. The first-order valence-electron chi connectivity index (χ1n) is 12.2. The van der Waals surface area contributed by atoms with Gasteiger partial charge in [-0.25, -0.2) is 4.68 Å². The van der Waals surface area contributed by atoms with E-state index in [0.29, 0.717) is 17.0 Å². The first-order valence-corrected chi connectivity index (χ1v) is 12.2. The van der Waals surface area contributed by atoms with E-state index in [4.69, 9.17) is 4.42 Å². The molecular formula is C28H33N5O3. The number of hydrogen-bond acceptors (Lipinski definition) is 5. The van der Waals surface area contributed by atoms with E-state index in [1.807, 2.05) is 83.1 Å². The Hall–Kier alpha value is -3.94. The zero-order valence-electron chi connectivity index (χ0n) is 21.5. The van der Waals surface area contributed by atoms with Gasteiger partial charge in [0, 0.05) is 12.1 Å². The van der Waals surface area contributed by atoms with Crippen LogP contribution in [0.4, 0.5) is 0 Å². The van der Waals surface area contributed by atoms with E-state index in [0.717, 1.165) is 23.1 Å². The third-order valence-corrected chi connectivity index (χ3v) is 6.44. The number of furan rings is 1. The van der Waals surface area contributed by atoms with Crippen molar-refractivity contribution in [2.24, 2.45) is 0 Å². The number of carbonyl (C=O) groups excluding carboxylic acids is 2. The SMILES string of the molecule is CCC(C)(C)NC(=O)[C@@H](c1ccc(C)o1)N(Cc1ccc(C)cc1)C(=O)Cn1nnc2ccccc21. The van der Waals surface area contributed by atoms with Gasteiger partial charge in [0.2, 0.25) is 5.91 Å². The van der Waals surface area contributed by atoms with Gasteiger partial charge in [-0.05, 0) is 63.9 Å². The Kier molecular flexibility index (Phi) is 7.24. The van der Waals surface area contributed by atoms with Crippen molar-refractivity contribution < 1.29 is 14.0 Å². The maximum atomic E-state index is 13.9. The Balaban J connectivity index is 1.74. The summed E-state index contributed by atoms with van der Waals surface area (Å²) in [5.41, 5.74) is 3.04. The molecule has 0 bridgehead atoms. The molecule has 8 nitrogen and oxygen atoms in total. The van der Waals surface area contributed by atoms with Crippen molar-refractivity contribution in [3.05, 3.63) is 83.3 Å². The lowest BCUT2D eigenvalue weighted by Gasteiger charge is -2.33. The van der Waals surface area contributed by atoms with Crippen LogP contribution in [0.1, 0.15) is 55.9 Å². The fourth-order valence-electron chi connectivity index (χ4n) is 3.98. The molecule has 0 aliphatic heterocycles. The van der Waals surface area contributed by atoms with Crippen LogP contribution < -0.4 is 5.32 Å². The number of nitrogens with zero attached hydrogens (tertiary/aromatic N) is 4. The van der Waals surface area contributed by atoms with Crippen LogP contribution in [0.25, 0.3) is 11.0 Å². The van der Waals surface area contributed by atoms with Gasteiger partial charge in [-0.1, -0.05) is 54.1 Å². The third-order valence-electron chi connectivity index (χ3n) is 6.44. The number of fused-ring (bicyclic) bond motifs is 1. The summed E-state index contributed by atoms with van der Waals surface area (Å²) in [5.74, 6) is 0.526. The molecule has 4 aromatic rings. The predicted molar refractivity (Wildman–Crippen MR) is 138 cm³/mol. The van der Waals surface area contributed by atoms with E-state index >= 15 is 0 Å². The number of carbonyl (C=O) groups is 2. The highest BCUT2D eigenvalue weighted by atomic mass is 16.3. The molecule has 0 saturated carbocycles. The van der Waals surface area contributed by atoms with Crippen molar-refractivity contribution in [2.45, 2.75) is 65.7 Å². The van der Waals surface area contributed by atoms with Crippen molar-refractivity contribution in [3.63, 3.8) is 0 Å². The van der Waals surface area contributed by atoms with Crippen molar-refractivity contribution in [3.8, 4) is 0 Å². The van der Waals surface area contributed by atoms with Gasteiger partial charge in [0.25, 0.3) is 5.91 Å². The standard InChI is InChI=1S/C28H33N5O3/c1-6-28(4,5)29-27(35)26(24-16-13-20(3)36-24)32(17-21-14-11-19(2)12-15-21)25(34)18-33-23-10-8-7-9-22(23)30-31-33/h7-16,26H,6,17-18H2,1-5H3,(H,29,35)/t26-/m1/s1.